The average molecular weight is 924 g/mol. The number of hydrogen-bond acceptors (Lipinski definition) is 18. The maximum absolute atomic E-state index is 12.6. The molecule has 7 atom stereocenters. The first-order valence-corrected chi connectivity index (χ1v) is 21.9. The number of imidazole rings is 1. The van der Waals surface area contributed by atoms with Gasteiger partial charge in [-0.1, -0.05) is 37.6 Å². The fourth-order valence-electron chi connectivity index (χ4n) is 4.77. The fraction of sp³-hybridized carbons (Fsp3) is 0.500. The van der Waals surface area contributed by atoms with Gasteiger partial charge in [0.1, 0.15) is 36.3 Å². The van der Waals surface area contributed by atoms with Crippen molar-refractivity contribution in [2.75, 3.05) is 37.8 Å². The van der Waals surface area contributed by atoms with Gasteiger partial charge in [0.2, 0.25) is 11.8 Å². The van der Waals surface area contributed by atoms with E-state index in [1.165, 1.54) is 19.9 Å². The first kappa shape index (κ1) is 49.2. The summed E-state index contributed by atoms with van der Waals surface area (Å²) in [5.41, 5.74) is 4.44. The number of rotatable bonds is 19. The normalized spacial score (nSPS) is 20.9. The molecule has 4 rings (SSSR count). The van der Waals surface area contributed by atoms with E-state index in [-0.39, 0.29) is 46.4 Å². The third-order valence-electron chi connectivity index (χ3n) is 7.62. The second-order valence-corrected chi connectivity index (χ2v) is 17.7. The van der Waals surface area contributed by atoms with E-state index in [0.29, 0.717) is 12.3 Å². The summed E-state index contributed by atoms with van der Waals surface area (Å²) in [5.74, 6) is -1.94. The van der Waals surface area contributed by atoms with Crippen LogP contribution in [0.1, 0.15) is 36.9 Å². The molecule has 324 valence electrons. The van der Waals surface area contributed by atoms with Crippen LogP contribution < -0.4 is 16.4 Å². The second kappa shape index (κ2) is 20.9. The number of nitrogens with one attached hydrogen (secondary N) is 2. The Morgan fingerprint density at radius 3 is 2.31 bits per heavy atom. The highest BCUT2D eigenvalue weighted by molar-refractivity contribution is 7.80. The van der Waals surface area contributed by atoms with Crippen molar-refractivity contribution in [1.29, 1.82) is 0 Å². The number of fused-ring (bicyclic) bond motifs is 1. The number of carbonyl (C=O) groups excluding carboxylic acids is 2. The minimum Gasteiger partial charge on any atom is -0.478 e. The van der Waals surface area contributed by atoms with Crippen LogP contribution >= 0.6 is 47.7 Å². The number of nitrogen functional groups attached to an aromatic ring is 1. The molecule has 3 heterocycles. The SMILES string of the molecule is CC(C)(COP(=O)(O)OP(=O)(O)OC[C@H]1O[C@@H](n2cnc3c(N)ncnc32)[C@H](O)[C@@H]1OP(=O)(O)O)[C@@H](O)C(=O)NCCC(=O)NCCS.O=C(O)c1ccccc1Cl. The predicted octanol–water partition coefficient (Wildman–Crippen LogP) is 0.373. The number of halogens is 1. The summed E-state index contributed by atoms with van der Waals surface area (Å²) in [5, 5.41) is 34.8. The quantitative estimate of drug-likeness (QED) is 0.0571. The molecule has 0 aliphatic carbocycles. The number of ether oxygens (including phenoxy) is 1. The number of phosphoric acid groups is 3. The second-order valence-electron chi connectivity index (χ2n) is 12.6. The Kier molecular flexibility index (Phi) is 17.7. The number of benzene rings is 1. The number of carboxylic acids is 1. The Hall–Kier alpha value is -3.13. The minimum absolute atomic E-state index is 0.0363. The van der Waals surface area contributed by atoms with E-state index < -0.39 is 84.6 Å². The summed E-state index contributed by atoms with van der Waals surface area (Å²) >= 11 is 9.49. The van der Waals surface area contributed by atoms with Crippen molar-refractivity contribution in [1.82, 2.24) is 30.2 Å². The number of aliphatic hydroxyl groups is 2. The number of carboxylic acid groups (broad SMARTS) is 1. The highest BCUT2D eigenvalue weighted by Gasteiger charge is 2.50. The predicted molar refractivity (Wildman–Crippen MR) is 202 cm³/mol. The smallest absolute Gasteiger partial charge is 0.478 e. The lowest BCUT2D eigenvalue weighted by Gasteiger charge is -2.30. The molecule has 3 aromatic rings. The summed E-state index contributed by atoms with van der Waals surface area (Å²) in [7, 11) is -16.3. The molecule has 2 amide bonds. The molecule has 58 heavy (non-hydrogen) atoms. The fourth-order valence-corrected chi connectivity index (χ4v) is 7.93. The number of amides is 2. The van der Waals surface area contributed by atoms with Crippen LogP contribution in [0, 0.1) is 5.41 Å². The van der Waals surface area contributed by atoms with E-state index in [1.807, 2.05) is 0 Å². The topological polar surface area (TPSA) is 384 Å². The van der Waals surface area contributed by atoms with E-state index in [1.54, 1.807) is 18.2 Å². The molecular weight excluding hydrogens is 883 g/mol. The first-order valence-electron chi connectivity index (χ1n) is 16.4. The summed E-state index contributed by atoms with van der Waals surface area (Å²) in [6.07, 6.45) is -6.74. The van der Waals surface area contributed by atoms with Crippen LogP contribution in [0.4, 0.5) is 5.82 Å². The molecule has 1 aliphatic heterocycles. The number of aromatic carboxylic acids is 1. The van der Waals surface area contributed by atoms with Crippen molar-refractivity contribution in [2.45, 2.75) is 50.9 Å². The highest BCUT2D eigenvalue weighted by Crippen LogP contribution is 2.61. The zero-order valence-corrected chi connectivity index (χ0v) is 34.6. The molecule has 1 saturated heterocycles. The number of anilines is 1. The minimum atomic E-state index is -5.54. The molecule has 0 bridgehead atoms. The molecule has 1 fully saturated rings. The van der Waals surface area contributed by atoms with Gasteiger partial charge in [0.15, 0.2) is 17.7 Å². The number of phosphoric ester groups is 3. The largest absolute Gasteiger partial charge is 0.481 e. The van der Waals surface area contributed by atoms with E-state index in [0.717, 1.165) is 17.2 Å². The van der Waals surface area contributed by atoms with Crippen molar-refractivity contribution in [3.05, 3.63) is 47.5 Å². The van der Waals surface area contributed by atoms with Gasteiger partial charge < -0.3 is 56.0 Å². The number of hydrogen-bond donors (Lipinski definition) is 11. The molecule has 1 aliphatic rings. The average Bonchev–Trinajstić information content (AvgIpc) is 3.69. The third-order valence-corrected chi connectivity index (χ3v) is 11.3. The van der Waals surface area contributed by atoms with Crippen LogP contribution in [-0.2, 0) is 45.9 Å². The first-order chi connectivity index (χ1) is 26.9. The van der Waals surface area contributed by atoms with Crippen molar-refractivity contribution in [3.8, 4) is 0 Å². The lowest BCUT2D eigenvalue weighted by Crippen LogP contribution is -2.46. The van der Waals surface area contributed by atoms with Crippen molar-refractivity contribution < 1.29 is 85.6 Å². The molecule has 0 saturated carbocycles. The summed E-state index contributed by atoms with van der Waals surface area (Å²) in [6, 6.07) is 6.33. The number of carbonyl (C=O) groups is 3. The molecule has 0 spiro atoms. The van der Waals surface area contributed by atoms with Gasteiger partial charge in [-0.05, 0) is 12.1 Å². The standard InChI is InChI=1S/C21H36N7O16P3S.C7H5ClO2/c1-21(2,16(31)19(32)24-4-3-12(29)23-5-6-48)8-41-47(38,39)44-46(36,37)40-7-11-15(43-45(33,34)35)14(30)20(42-11)28-10-27-13-17(22)25-9-26-18(13)28;8-6-4-2-1-3-5(6)7(9)10/h9-11,14-16,20,30-31,48H,3-8H2,1-2H3,(H,23,29)(H,24,32)(H,36,37)(H,38,39)(H2,22,25,26)(H2,33,34,35);1-4H,(H,9,10)/t11-,14-,15-,16+,20-;/m1./s1. The Bertz CT molecular complexity index is 2060. The summed E-state index contributed by atoms with van der Waals surface area (Å²) < 4.78 is 61.7. The van der Waals surface area contributed by atoms with Gasteiger partial charge in [0, 0.05) is 30.7 Å². The Labute approximate surface area is 339 Å². The zero-order chi connectivity index (χ0) is 43.6. The molecule has 11 N–H and O–H groups in total. The van der Waals surface area contributed by atoms with Crippen molar-refractivity contribution in [3.63, 3.8) is 0 Å². The van der Waals surface area contributed by atoms with Crippen molar-refractivity contribution in [2.24, 2.45) is 5.41 Å². The molecule has 1 aromatic carbocycles. The number of aromatic nitrogens is 4. The van der Waals surface area contributed by atoms with Gasteiger partial charge in [-0.2, -0.15) is 16.9 Å². The van der Waals surface area contributed by atoms with Crippen LogP contribution in [0.3, 0.4) is 0 Å². The van der Waals surface area contributed by atoms with E-state index in [4.69, 9.17) is 36.2 Å². The maximum atomic E-state index is 12.6. The number of thiol groups is 1. The summed E-state index contributed by atoms with van der Waals surface area (Å²) in [4.78, 5) is 85.0. The van der Waals surface area contributed by atoms with E-state index in [9.17, 15) is 57.9 Å². The summed E-state index contributed by atoms with van der Waals surface area (Å²) in [6.45, 7) is 0.723. The van der Waals surface area contributed by atoms with Crippen LogP contribution in [0.15, 0.2) is 36.9 Å². The van der Waals surface area contributed by atoms with Gasteiger partial charge in [-0.25, -0.2) is 33.4 Å². The van der Waals surface area contributed by atoms with Crippen molar-refractivity contribution >= 4 is 82.5 Å². The Morgan fingerprint density at radius 1 is 1.05 bits per heavy atom. The van der Waals surface area contributed by atoms with E-state index in [2.05, 4.69) is 47.0 Å². The van der Waals surface area contributed by atoms with E-state index >= 15 is 0 Å². The number of nitrogens with zero attached hydrogens (tertiary/aromatic N) is 4. The molecule has 25 nitrogen and oxygen atoms in total. The Morgan fingerprint density at radius 2 is 1.71 bits per heavy atom. The van der Waals surface area contributed by atoms with Crippen LogP contribution in [0.5, 0.6) is 0 Å². The lowest BCUT2D eigenvalue weighted by molar-refractivity contribution is -0.137. The molecule has 2 aromatic heterocycles. The molecule has 30 heteroatoms. The molecule has 2 unspecified atom stereocenters. The van der Waals surface area contributed by atoms with Gasteiger partial charge in [-0.3, -0.25) is 27.7 Å². The Balaban J connectivity index is 0.000000781. The maximum Gasteiger partial charge on any atom is 0.481 e. The van der Waals surface area contributed by atoms with Gasteiger partial charge in [0.25, 0.3) is 0 Å². The van der Waals surface area contributed by atoms with Crippen LogP contribution in [0.25, 0.3) is 11.2 Å². The van der Waals surface area contributed by atoms with Gasteiger partial charge >= 0.3 is 29.4 Å². The third kappa shape index (κ3) is 14.6. The van der Waals surface area contributed by atoms with Gasteiger partial charge in [0.05, 0.1) is 30.1 Å². The van der Waals surface area contributed by atoms with Crippen LogP contribution in [0.2, 0.25) is 5.02 Å². The van der Waals surface area contributed by atoms with Crippen LogP contribution in [-0.4, -0.2) is 129 Å². The highest BCUT2D eigenvalue weighted by atomic mass is 35.5. The monoisotopic (exact) mass is 923 g/mol. The zero-order valence-electron chi connectivity index (χ0n) is 30.2. The lowest BCUT2D eigenvalue weighted by atomic mass is 9.87. The van der Waals surface area contributed by atoms with Gasteiger partial charge in [-0.15, -0.1) is 0 Å². The number of nitrogens with two attached hydrogens (primary N) is 1. The molecule has 0 radical (unpaired) electrons. The number of aliphatic hydroxyl groups excluding tert-OH is 2. The molecular formula is C28H41ClN7O18P3S.